The molecule has 0 aromatic carbocycles. The third-order valence-corrected chi connectivity index (χ3v) is 5.49. The summed E-state index contributed by atoms with van der Waals surface area (Å²) in [6.45, 7) is 6.82. The van der Waals surface area contributed by atoms with Crippen molar-refractivity contribution in [3.05, 3.63) is 29.6 Å². The van der Waals surface area contributed by atoms with E-state index in [1.807, 2.05) is 19.1 Å². The van der Waals surface area contributed by atoms with Gasteiger partial charge in [-0.3, -0.25) is 9.88 Å². The van der Waals surface area contributed by atoms with Crippen molar-refractivity contribution in [3.63, 3.8) is 0 Å². The molecule has 1 saturated heterocycles. The molecule has 2 saturated carbocycles. The van der Waals surface area contributed by atoms with E-state index in [4.69, 9.17) is 9.47 Å². The second-order valence-corrected chi connectivity index (χ2v) is 7.54. The first-order valence-electron chi connectivity index (χ1n) is 9.14. The Kier molecular flexibility index (Phi) is 4.65. The summed E-state index contributed by atoms with van der Waals surface area (Å²) < 4.78 is 12.0. The Morgan fingerprint density at radius 3 is 3.00 bits per heavy atom. The molecule has 3 atom stereocenters. The number of aromatic nitrogens is 1. The number of hydrogen-bond donors (Lipinski definition) is 0. The highest BCUT2D eigenvalue weighted by atomic mass is 16.5. The molecule has 23 heavy (non-hydrogen) atoms. The van der Waals surface area contributed by atoms with Crippen LogP contribution in [-0.4, -0.2) is 48.3 Å². The topological polar surface area (TPSA) is 34.6 Å². The first-order valence-corrected chi connectivity index (χ1v) is 9.14. The maximum absolute atomic E-state index is 6.04. The van der Waals surface area contributed by atoms with E-state index in [-0.39, 0.29) is 0 Å². The number of pyridine rings is 1. The molecule has 0 amide bonds. The van der Waals surface area contributed by atoms with E-state index in [1.54, 1.807) is 0 Å². The Hall–Kier alpha value is -0.970. The molecule has 2 aliphatic carbocycles. The predicted molar refractivity (Wildman–Crippen MR) is 89.2 cm³/mol. The summed E-state index contributed by atoms with van der Waals surface area (Å²) >= 11 is 0. The average Bonchev–Trinajstić information content (AvgIpc) is 3.24. The summed E-state index contributed by atoms with van der Waals surface area (Å²) in [4.78, 5) is 7.21. The van der Waals surface area contributed by atoms with Crippen molar-refractivity contribution < 1.29 is 9.47 Å². The molecule has 3 aliphatic rings. The largest absolute Gasteiger partial charge is 0.375 e. The van der Waals surface area contributed by atoms with Crippen LogP contribution in [0.5, 0.6) is 0 Å². The zero-order chi connectivity index (χ0) is 15.6. The molecule has 0 N–H and O–H groups in total. The monoisotopic (exact) mass is 316 g/mol. The van der Waals surface area contributed by atoms with Crippen LogP contribution < -0.4 is 0 Å². The predicted octanol–water partition coefficient (Wildman–Crippen LogP) is 2.80. The summed E-state index contributed by atoms with van der Waals surface area (Å²) in [5, 5.41) is 0. The van der Waals surface area contributed by atoms with E-state index >= 15 is 0 Å². The van der Waals surface area contributed by atoms with Crippen LogP contribution in [-0.2, 0) is 16.1 Å². The molecule has 0 spiro atoms. The summed E-state index contributed by atoms with van der Waals surface area (Å²) in [5.41, 5.74) is 2.09. The standard InChI is InChI=1S/C19H28N2O2/c1-14-3-2-4-17(20-14)13-22-12-16-9-18-19(10-16)23-8-7-21(18)11-15-5-6-15/h2-4,15-16,18-19H,5-13H2,1H3/t16-,18-,19-/m1/s1. The van der Waals surface area contributed by atoms with Gasteiger partial charge in [-0.15, -0.1) is 0 Å². The number of hydrogen-bond acceptors (Lipinski definition) is 4. The van der Waals surface area contributed by atoms with Gasteiger partial charge in [-0.05, 0) is 56.6 Å². The summed E-state index contributed by atoms with van der Waals surface area (Å²) in [6, 6.07) is 6.75. The Labute approximate surface area is 139 Å². The van der Waals surface area contributed by atoms with Crippen LogP contribution in [0.3, 0.4) is 0 Å². The molecule has 1 aromatic rings. The van der Waals surface area contributed by atoms with E-state index in [2.05, 4.69) is 16.0 Å². The van der Waals surface area contributed by atoms with Crippen LogP contribution in [0.25, 0.3) is 0 Å². The first-order chi connectivity index (χ1) is 11.3. The number of morpholine rings is 1. The van der Waals surface area contributed by atoms with Gasteiger partial charge in [0.25, 0.3) is 0 Å². The highest BCUT2D eigenvalue weighted by Crippen LogP contribution is 2.37. The van der Waals surface area contributed by atoms with E-state index in [1.165, 1.54) is 25.8 Å². The highest BCUT2D eigenvalue weighted by Gasteiger charge is 2.42. The van der Waals surface area contributed by atoms with E-state index in [0.717, 1.165) is 43.5 Å². The fraction of sp³-hybridized carbons (Fsp3) is 0.737. The molecule has 0 bridgehead atoms. The summed E-state index contributed by atoms with van der Waals surface area (Å²) in [5.74, 6) is 1.60. The Morgan fingerprint density at radius 1 is 1.26 bits per heavy atom. The van der Waals surface area contributed by atoms with Gasteiger partial charge >= 0.3 is 0 Å². The Balaban J connectivity index is 1.26. The number of aryl methyl sites for hydroxylation is 1. The van der Waals surface area contributed by atoms with Crippen LogP contribution in [0.2, 0.25) is 0 Å². The van der Waals surface area contributed by atoms with Crippen molar-refractivity contribution in [2.75, 3.05) is 26.3 Å². The van der Waals surface area contributed by atoms with Gasteiger partial charge in [0.15, 0.2) is 0 Å². The van der Waals surface area contributed by atoms with Gasteiger partial charge in [0, 0.05) is 24.8 Å². The fourth-order valence-electron chi connectivity index (χ4n) is 4.13. The maximum atomic E-state index is 6.04. The lowest BCUT2D eigenvalue weighted by atomic mass is 10.1. The van der Waals surface area contributed by atoms with Crippen molar-refractivity contribution in [1.29, 1.82) is 0 Å². The van der Waals surface area contributed by atoms with Crippen molar-refractivity contribution in [2.24, 2.45) is 11.8 Å². The first kappa shape index (κ1) is 15.6. The molecular weight excluding hydrogens is 288 g/mol. The lowest BCUT2D eigenvalue weighted by Gasteiger charge is -2.37. The van der Waals surface area contributed by atoms with Crippen LogP contribution >= 0.6 is 0 Å². The third kappa shape index (κ3) is 3.93. The number of fused-ring (bicyclic) bond motifs is 1. The van der Waals surface area contributed by atoms with E-state index in [9.17, 15) is 0 Å². The van der Waals surface area contributed by atoms with Crippen molar-refractivity contribution >= 4 is 0 Å². The van der Waals surface area contributed by atoms with Gasteiger partial charge in [0.05, 0.1) is 31.6 Å². The van der Waals surface area contributed by atoms with E-state index < -0.39 is 0 Å². The quantitative estimate of drug-likeness (QED) is 0.808. The number of nitrogens with zero attached hydrogens (tertiary/aromatic N) is 2. The zero-order valence-corrected chi connectivity index (χ0v) is 14.1. The van der Waals surface area contributed by atoms with Crippen molar-refractivity contribution in [1.82, 2.24) is 9.88 Å². The minimum atomic E-state index is 0.438. The molecule has 1 aliphatic heterocycles. The van der Waals surface area contributed by atoms with Crippen LogP contribution in [0, 0.1) is 18.8 Å². The molecule has 4 nitrogen and oxygen atoms in total. The van der Waals surface area contributed by atoms with Crippen LogP contribution in [0.4, 0.5) is 0 Å². The lowest BCUT2D eigenvalue weighted by molar-refractivity contribution is -0.0572. The van der Waals surface area contributed by atoms with Crippen molar-refractivity contribution in [2.45, 2.75) is 51.4 Å². The third-order valence-electron chi connectivity index (χ3n) is 5.49. The molecule has 1 aromatic heterocycles. The van der Waals surface area contributed by atoms with Gasteiger partial charge in [0.2, 0.25) is 0 Å². The average molecular weight is 316 g/mol. The van der Waals surface area contributed by atoms with Gasteiger partial charge in [-0.25, -0.2) is 0 Å². The second-order valence-electron chi connectivity index (χ2n) is 7.54. The molecule has 0 unspecified atom stereocenters. The molecule has 2 heterocycles. The number of ether oxygens (including phenoxy) is 2. The summed E-state index contributed by atoms with van der Waals surface area (Å²) in [6.07, 6.45) is 5.70. The Bertz CT molecular complexity index is 532. The minimum absolute atomic E-state index is 0.438. The molecule has 126 valence electrons. The minimum Gasteiger partial charge on any atom is -0.375 e. The molecular formula is C19H28N2O2. The van der Waals surface area contributed by atoms with Crippen LogP contribution in [0.15, 0.2) is 18.2 Å². The SMILES string of the molecule is Cc1cccc(COC[C@@H]2C[C@@H]3[C@@H](C2)OCCN3CC2CC2)n1. The smallest absolute Gasteiger partial charge is 0.0888 e. The zero-order valence-electron chi connectivity index (χ0n) is 14.1. The summed E-state index contributed by atoms with van der Waals surface area (Å²) in [7, 11) is 0. The second kappa shape index (κ2) is 6.88. The fourth-order valence-corrected chi connectivity index (χ4v) is 4.13. The lowest BCUT2D eigenvalue weighted by Crippen LogP contribution is -2.49. The van der Waals surface area contributed by atoms with Gasteiger partial charge in [-0.2, -0.15) is 0 Å². The van der Waals surface area contributed by atoms with E-state index in [0.29, 0.717) is 24.7 Å². The molecule has 4 heteroatoms. The molecule has 4 rings (SSSR count). The number of rotatable bonds is 6. The van der Waals surface area contributed by atoms with Gasteiger partial charge < -0.3 is 9.47 Å². The molecule has 3 fully saturated rings. The molecule has 0 radical (unpaired) electrons. The van der Waals surface area contributed by atoms with Crippen LogP contribution in [0.1, 0.15) is 37.1 Å². The Morgan fingerprint density at radius 2 is 2.17 bits per heavy atom. The van der Waals surface area contributed by atoms with Crippen molar-refractivity contribution in [3.8, 4) is 0 Å². The van der Waals surface area contributed by atoms with Gasteiger partial charge in [-0.1, -0.05) is 6.07 Å². The highest BCUT2D eigenvalue weighted by molar-refractivity contribution is 5.09. The van der Waals surface area contributed by atoms with Gasteiger partial charge in [0.1, 0.15) is 0 Å². The maximum Gasteiger partial charge on any atom is 0.0888 e. The normalized spacial score (nSPS) is 31.3.